The molecule has 2 aliphatic heterocycles. The van der Waals surface area contributed by atoms with Gasteiger partial charge in [-0.15, -0.1) is 24.8 Å². The standard InChI is InChI=1S/C17H33N3O.2ClH/c1-13(2)16(19-9-5-4-6-10-19)17(21)20-11-7-8-15(12-20)14(3)18;;/h13-16H,4-12,18H2,1-3H3;2*1H. The van der Waals surface area contributed by atoms with Gasteiger partial charge in [-0.3, -0.25) is 9.69 Å². The van der Waals surface area contributed by atoms with E-state index in [0.717, 1.165) is 39.0 Å². The first-order chi connectivity index (χ1) is 10.0. The molecule has 0 saturated carbocycles. The molecule has 0 aliphatic carbocycles. The Bertz CT molecular complexity index is 347. The number of carbonyl (C=O) groups excluding carboxylic acids is 1. The van der Waals surface area contributed by atoms with Gasteiger partial charge >= 0.3 is 0 Å². The van der Waals surface area contributed by atoms with Gasteiger partial charge in [0.05, 0.1) is 6.04 Å². The lowest BCUT2D eigenvalue weighted by molar-refractivity contribution is -0.141. The second kappa shape index (κ2) is 10.8. The molecule has 2 fully saturated rings. The summed E-state index contributed by atoms with van der Waals surface area (Å²) in [5.74, 6) is 1.19. The zero-order valence-corrected chi connectivity index (χ0v) is 16.5. The number of hydrogen-bond donors (Lipinski definition) is 1. The van der Waals surface area contributed by atoms with Gasteiger partial charge in [0.15, 0.2) is 0 Å². The minimum atomic E-state index is 0. The summed E-state index contributed by atoms with van der Waals surface area (Å²) in [6, 6.07) is 0.255. The Hall–Kier alpha value is -0.0300. The Morgan fingerprint density at radius 2 is 1.61 bits per heavy atom. The minimum Gasteiger partial charge on any atom is -0.341 e. The molecule has 0 spiro atoms. The molecule has 0 aromatic heterocycles. The average molecular weight is 368 g/mol. The van der Waals surface area contributed by atoms with E-state index >= 15 is 0 Å². The lowest BCUT2D eigenvalue weighted by atomic mass is 9.90. The van der Waals surface area contributed by atoms with Crippen LogP contribution in [-0.4, -0.2) is 54.0 Å². The molecule has 4 nitrogen and oxygen atoms in total. The quantitative estimate of drug-likeness (QED) is 0.830. The Labute approximate surface area is 154 Å². The predicted octanol–water partition coefficient (Wildman–Crippen LogP) is 2.93. The van der Waals surface area contributed by atoms with Crippen LogP contribution in [0.5, 0.6) is 0 Å². The van der Waals surface area contributed by atoms with Crippen LogP contribution < -0.4 is 5.73 Å². The number of halogens is 2. The van der Waals surface area contributed by atoms with Crippen molar-refractivity contribution in [2.45, 2.75) is 65.0 Å². The van der Waals surface area contributed by atoms with Gasteiger partial charge in [-0.25, -0.2) is 0 Å². The van der Waals surface area contributed by atoms with Crippen LogP contribution in [-0.2, 0) is 4.79 Å². The molecule has 2 rings (SSSR count). The van der Waals surface area contributed by atoms with E-state index in [4.69, 9.17) is 5.73 Å². The highest BCUT2D eigenvalue weighted by atomic mass is 35.5. The van der Waals surface area contributed by atoms with Crippen molar-refractivity contribution in [2.24, 2.45) is 17.6 Å². The van der Waals surface area contributed by atoms with E-state index in [-0.39, 0.29) is 36.9 Å². The van der Waals surface area contributed by atoms with Crippen LogP contribution in [0.4, 0.5) is 0 Å². The average Bonchev–Trinajstić information content (AvgIpc) is 2.48. The van der Waals surface area contributed by atoms with Crippen LogP contribution >= 0.6 is 24.8 Å². The number of nitrogens with two attached hydrogens (primary N) is 1. The highest BCUT2D eigenvalue weighted by molar-refractivity contribution is 5.85. The fourth-order valence-electron chi connectivity index (χ4n) is 3.89. The minimum absolute atomic E-state index is 0. The zero-order chi connectivity index (χ0) is 15.4. The number of amides is 1. The number of nitrogens with zero attached hydrogens (tertiary/aromatic N) is 2. The largest absolute Gasteiger partial charge is 0.341 e. The van der Waals surface area contributed by atoms with Crippen molar-refractivity contribution in [3.8, 4) is 0 Å². The van der Waals surface area contributed by atoms with E-state index in [1.165, 1.54) is 19.3 Å². The monoisotopic (exact) mass is 367 g/mol. The third-order valence-corrected chi connectivity index (χ3v) is 5.18. The van der Waals surface area contributed by atoms with Gasteiger partial charge in [-0.05, 0) is 57.5 Å². The van der Waals surface area contributed by atoms with Crippen LogP contribution in [0.1, 0.15) is 52.9 Å². The van der Waals surface area contributed by atoms with Gasteiger partial charge in [0.1, 0.15) is 0 Å². The Kier molecular flexibility index (Phi) is 10.7. The molecule has 0 bridgehead atoms. The Morgan fingerprint density at radius 3 is 2.13 bits per heavy atom. The van der Waals surface area contributed by atoms with E-state index in [9.17, 15) is 4.79 Å². The molecule has 1 amide bonds. The number of piperidine rings is 2. The molecule has 3 unspecified atom stereocenters. The van der Waals surface area contributed by atoms with Gasteiger partial charge < -0.3 is 10.6 Å². The second-order valence-corrected chi connectivity index (χ2v) is 7.33. The summed E-state index contributed by atoms with van der Waals surface area (Å²) in [4.78, 5) is 17.6. The topological polar surface area (TPSA) is 49.6 Å². The molecule has 23 heavy (non-hydrogen) atoms. The molecule has 3 atom stereocenters. The zero-order valence-electron chi connectivity index (χ0n) is 14.9. The highest BCUT2D eigenvalue weighted by Crippen LogP contribution is 2.24. The van der Waals surface area contributed by atoms with Crippen LogP contribution in [0, 0.1) is 11.8 Å². The van der Waals surface area contributed by atoms with Gasteiger partial charge in [-0.1, -0.05) is 20.3 Å². The van der Waals surface area contributed by atoms with Crippen molar-refractivity contribution in [3.05, 3.63) is 0 Å². The maximum Gasteiger partial charge on any atom is 0.240 e. The maximum absolute atomic E-state index is 13.1. The molecule has 0 radical (unpaired) electrons. The van der Waals surface area contributed by atoms with Crippen molar-refractivity contribution in [1.29, 1.82) is 0 Å². The molecule has 0 aromatic rings. The van der Waals surface area contributed by atoms with E-state index < -0.39 is 0 Å². The molecular formula is C17H35Cl2N3O. The summed E-state index contributed by atoms with van der Waals surface area (Å²) in [6.07, 6.45) is 6.05. The summed E-state index contributed by atoms with van der Waals surface area (Å²) >= 11 is 0. The summed E-state index contributed by atoms with van der Waals surface area (Å²) in [5.41, 5.74) is 6.06. The molecule has 0 aromatic carbocycles. The van der Waals surface area contributed by atoms with Gasteiger partial charge in [-0.2, -0.15) is 0 Å². The summed E-state index contributed by atoms with van der Waals surface area (Å²) in [6.45, 7) is 10.4. The normalized spacial score (nSPS) is 25.3. The van der Waals surface area contributed by atoms with Crippen molar-refractivity contribution in [3.63, 3.8) is 0 Å². The van der Waals surface area contributed by atoms with E-state index in [1.54, 1.807) is 0 Å². The van der Waals surface area contributed by atoms with Crippen molar-refractivity contribution in [1.82, 2.24) is 9.80 Å². The van der Waals surface area contributed by atoms with Gasteiger partial charge in [0.2, 0.25) is 5.91 Å². The van der Waals surface area contributed by atoms with Gasteiger partial charge in [0, 0.05) is 19.1 Å². The second-order valence-electron chi connectivity index (χ2n) is 7.33. The summed E-state index contributed by atoms with van der Waals surface area (Å²) in [7, 11) is 0. The third-order valence-electron chi connectivity index (χ3n) is 5.18. The predicted molar refractivity (Wildman–Crippen MR) is 101 cm³/mol. The third kappa shape index (κ3) is 6.08. The lowest BCUT2D eigenvalue weighted by Crippen LogP contribution is -2.55. The Morgan fingerprint density at radius 1 is 1.00 bits per heavy atom. The first kappa shape index (κ1) is 23.0. The van der Waals surface area contributed by atoms with E-state index in [1.807, 2.05) is 0 Å². The Balaban J connectivity index is 0.00000242. The first-order valence-electron chi connectivity index (χ1n) is 8.79. The van der Waals surface area contributed by atoms with Crippen LogP contribution in [0.2, 0.25) is 0 Å². The molecule has 2 N–H and O–H groups in total. The smallest absolute Gasteiger partial charge is 0.240 e. The fraction of sp³-hybridized carbons (Fsp3) is 0.941. The summed E-state index contributed by atoms with van der Waals surface area (Å²) < 4.78 is 0. The fourth-order valence-corrected chi connectivity index (χ4v) is 3.89. The molecule has 2 aliphatic rings. The number of likely N-dealkylation sites (tertiary alicyclic amines) is 2. The number of rotatable bonds is 4. The highest BCUT2D eigenvalue weighted by Gasteiger charge is 2.35. The molecule has 2 saturated heterocycles. The maximum atomic E-state index is 13.1. The van der Waals surface area contributed by atoms with Crippen molar-refractivity contribution >= 4 is 30.7 Å². The van der Waals surface area contributed by atoms with E-state index in [2.05, 4.69) is 30.6 Å². The van der Waals surface area contributed by atoms with Gasteiger partial charge in [0.25, 0.3) is 0 Å². The van der Waals surface area contributed by atoms with Crippen molar-refractivity contribution < 1.29 is 4.79 Å². The number of carbonyl (C=O) groups is 1. The number of hydrogen-bond acceptors (Lipinski definition) is 3. The van der Waals surface area contributed by atoms with Crippen LogP contribution in [0.25, 0.3) is 0 Å². The summed E-state index contributed by atoms with van der Waals surface area (Å²) in [5, 5.41) is 0. The van der Waals surface area contributed by atoms with E-state index in [0.29, 0.717) is 17.7 Å². The molecular weight excluding hydrogens is 333 g/mol. The van der Waals surface area contributed by atoms with Crippen LogP contribution in [0.15, 0.2) is 0 Å². The lowest BCUT2D eigenvalue weighted by Gasteiger charge is -2.41. The molecule has 138 valence electrons. The molecule has 6 heteroatoms. The SMILES string of the molecule is CC(C)C(C(=O)N1CCCC(C(C)N)C1)N1CCCCC1.Cl.Cl. The molecule has 2 heterocycles. The van der Waals surface area contributed by atoms with Crippen LogP contribution in [0.3, 0.4) is 0 Å². The first-order valence-corrected chi connectivity index (χ1v) is 8.79. The van der Waals surface area contributed by atoms with Crippen molar-refractivity contribution in [2.75, 3.05) is 26.2 Å².